The van der Waals surface area contributed by atoms with Gasteiger partial charge in [0.1, 0.15) is 11.5 Å². The number of aryl methyl sites for hydroxylation is 1. The number of piperazine rings is 1. The van der Waals surface area contributed by atoms with Crippen LogP contribution in [0.3, 0.4) is 0 Å². The number of para-hydroxylation sites is 1. The molecule has 10 heteroatoms. The maximum atomic E-state index is 13.1. The van der Waals surface area contributed by atoms with Gasteiger partial charge in [-0.15, -0.1) is 0 Å². The number of hydrogen-bond donors (Lipinski definition) is 1. The average molecular weight is 530 g/mol. The molecule has 0 radical (unpaired) electrons. The van der Waals surface area contributed by atoms with Crippen LogP contribution in [-0.2, 0) is 10.0 Å². The molecule has 0 saturated carbocycles. The normalized spacial score (nSPS) is 14.4. The van der Waals surface area contributed by atoms with Crippen LogP contribution in [0.2, 0.25) is 5.02 Å². The number of amides is 1. The summed E-state index contributed by atoms with van der Waals surface area (Å²) in [6.07, 6.45) is 0. The largest absolute Gasteiger partial charge is 0.497 e. The van der Waals surface area contributed by atoms with E-state index in [1.165, 1.54) is 11.4 Å². The zero-order chi connectivity index (χ0) is 25.9. The van der Waals surface area contributed by atoms with Gasteiger partial charge in [0.15, 0.2) is 0 Å². The first-order chi connectivity index (χ1) is 17.2. The maximum absolute atomic E-state index is 13.1. The van der Waals surface area contributed by atoms with E-state index in [9.17, 15) is 13.2 Å². The van der Waals surface area contributed by atoms with Crippen LogP contribution in [0.25, 0.3) is 0 Å². The molecule has 0 atom stereocenters. The quantitative estimate of drug-likeness (QED) is 0.487. The van der Waals surface area contributed by atoms with Crippen molar-refractivity contribution in [2.75, 3.05) is 50.6 Å². The molecular formula is C26H28ClN3O5S. The fraction of sp³-hybridized carbons (Fsp3) is 0.269. The summed E-state index contributed by atoms with van der Waals surface area (Å²) in [5, 5.41) is 3.39. The lowest BCUT2D eigenvalue weighted by molar-refractivity contribution is 0.102. The Hall–Kier alpha value is -3.27. The summed E-state index contributed by atoms with van der Waals surface area (Å²) >= 11 is 6.56. The summed E-state index contributed by atoms with van der Waals surface area (Å²) < 4.78 is 38.2. The van der Waals surface area contributed by atoms with Crippen molar-refractivity contribution in [3.8, 4) is 11.5 Å². The number of hydrogen-bond acceptors (Lipinski definition) is 6. The van der Waals surface area contributed by atoms with Gasteiger partial charge in [0.05, 0.1) is 41.1 Å². The first kappa shape index (κ1) is 25.8. The molecule has 8 nitrogen and oxygen atoms in total. The summed E-state index contributed by atoms with van der Waals surface area (Å²) in [4.78, 5) is 15.4. The first-order valence-electron chi connectivity index (χ1n) is 11.4. The minimum absolute atomic E-state index is 0.278. The molecule has 1 heterocycles. The van der Waals surface area contributed by atoms with Crippen LogP contribution in [0.4, 0.5) is 11.4 Å². The molecule has 1 saturated heterocycles. The lowest BCUT2D eigenvalue weighted by atomic mass is 10.1. The number of rotatable bonds is 7. The summed E-state index contributed by atoms with van der Waals surface area (Å²) in [5.74, 6) is 0.592. The Labute approximate surface area is 216 Å². The highest BCUT2D eigenvalue weighted by Gasteiger charge is 2.30. The van der Waals surface area contributed by atoms with E-state index in [1.807, 2.05) is 11.8 Å². The van der Waals surface area contributed by atoms with Crippen LogP contribution >= 0.6 is 11.6 Å². The number of sulfonamides is 1. The molecule has 3 aromatic rings. The fourth-order valence-corrected chi connectivity index (χ4v) is 5.84. The lowest BCUT2D eigenvalue weighted by Gasteiger charge is -2.36. The third-order valence-electron chi connectivity index (χ3n) is 6.10. The van der Waals surface area contributed by atoms with Crippen LogP contribution < -0.4 is 19.7 Å². The molecule has 36 heavy (non-hydrogen) atoms. The van der Waals surface area contributed by atoms with Crippen molar-refractivity contribution in [3.63, 3.8) is 0 Å². The number of anilines is 2. The third-order valence-corrected chi connectivity index (χ3v) is 8.32. The number of ether oxygens (including phenoxy) is 2. The molecule has 1 amide bonds. The van der Waals surface area contributed by atoms with Gasteiger partial charge in [-0.2, -0.15) is 4.31 Å². The zero-order valence-corrected chi connectivity index (χ0v) is 21.9. The van der Waals surface area contributed by atoms with Gasteiger partial charge in [0, 0.05) is 32.2 Å². The Kier molecular flexibility index (Phi) is 7.73. The van der Waals surface area contributed by atoms with Crippen LogP contribution in [0.15, 0.2) is 65.6 Å². The molecule has 0 aromatic heterocycles. The minimum Gasteiger partial charge on any atom is -0.497 e. The summed E-state index contributed by atoms with van der Waals surface area (Å²) in [5.41, 5.74) is 2.52. The molecule has 1 N–H and O–H groups in total. The number of benzene rings is 3. The minimum atomic E-state index is -3.59. The Morgan fingerprint density at radius 2 is 1.64 bits per heavy atom. The number of halogens is 1. The molecule has 1 aliphatic rings. The SMILES string of the molecule is COc1ccc(C(=O)Nc2cccc(Cl)c2N2CCN(S(=O)(=O)c3ccc(C)cc3)CC2)c(OC)c1. The second kappa shape index (κ2) is 10.8. The highest BCUT2D eigenvalue weighted by atomic mass is 35.5. The first-order valence-corrected chi connectivity index (χ1v) is 13.2. The predicted octanol–water partition coefficient (Wildman–Crippen LogP) is 4.43. The van der Waals surface area contributed by atoms with Crippen molar-refractivity contribution >= 4 is 38.9 Å². The average Bonchev–Trinajstić information content (AvgIpc) is 2.88. The van der Waals surface area contributed by atoms with Gasteiger partial charge in [0.2, 0.25) is 10.0 Å². The number of carbonyl (C=O) groups is 1. The van der Waals surface area contributed by atoms with Gasteiger partial charge in [-0.3, -0.25) is 4.79 Å². The van der Waals surface area contributed by atoms with Gasteiger partial charge >= 0.3 is 0 Å². The van der Waals surface area contributed by atoms with Crippen molar-refractivity contribution in [1.29, 1.82) is 0 Å². The Morgan fingerprint density at radius 3 is 2.28 bits per heavy atom. The van der Waals surface area contributed by atoms with E-state index in [4.69, 9.17) is 21.1 Å². The summed E-state index contributed by atoms with van der Waals surface area (Å²) in [6.45, 7) is 3.34. The highest BCUT2D eigenvalue weighted by molar-refractivity contribution is 7.89. The molecular weight excluding hydrogens is 502 g/mol. The van der Waals surface area contributed by atoms with Crippen LogP contribution in [0.1, 0.15) is 15.9 Å². The van der Waals surface area contributed by atoms with Crippen molar-refractivity contribution in [1.82, 2.24) is 4.31 Å². The second-order valence-corrected chi connectivity index (χ2v) is 10.7. The van der Waals surface area contributed by atoms with E-state index >= 15 is 0 Å². The Bertz CT molecular complexity index is 1350. The zero-order valence-electron chi connectivity index (χ0n) is 20.3. The maximum Gasteiger partial charge on any atom is 0.259 e. The van der Waals surface area contributed by atoms with Gasteiger partial charge < -0.3 is 19.7 Å². The van der Waals surface area contributed by atoms with E-state index in [0.717, 1.165) is 5.56 Å². The van der Waals surface area contributed by atoms with E-state index < -0.39 is 10.0 Å². The Balaban J connectivity index is 1.53. The second-order valence-electron chi connectivity index (χ2n) is 8.36. The molecule has 0 unspecified atom stereocenters. The molecule has 1 aliphatic heterocycles. The van der Waals surface area contributed by atoms with Crippen LogP contribution in [0, 0.1) is 6.92 Å². The smallest absolute Gasteiger partial charge is 0.259 e. The van der Waals surface area contributed by atoms with Crippen molar-refractivity contribution < 1.29 is 22.7 Å². The van der Waals surface area contributed by atoms with E-state index in [2.05, 4.69) is 5.32 Å². The highest BCUT2D eigenvalue weighted by Crippen LogP contribution is 2.36. The number of methoxy groups -OCH3 is 2. The molecule has 4 rings (SSSR count). The third kappa shape index (κ3) is 5.28. The summed E-state index contributed by atoms with van der Waals surface area (Å²) in [6, 6.07) is 17.1. The van der Waals surface area contributed by atoms with Crippen molar-refractivity contribution in [3.05, 3.63) is 76.8 Å². The van der Waals surface area contributed by atoms with E-state index in [0.29, 0.717) is 59.6 Å². The number of carbonyl (C=O) groups excluding carboxylic acids is 1. The molecule has 0 bridgehead atoms. The molecule has 0 aliphatic carbocycles. The topological polar surface area (TPSA) is 88.2 Å². The molecule has 1 fully saturated rings. The lowest BCUT2D eigenvalue weighted by Crippen LogP contribution is -2.49. The molecule has 190 valence electrons. The van der Waals surface area contributed by atoms with Crippen molar-refractivity contribution in [2.24, 2.45) is 0 Å². The number of nitrogens with one attached hydrogen (secondary N) is 1. The predicted molar refractivity (Wildman–Crippen MR) is 141 cm³/mol. The van der Waals surface area contributed by atoms with Gasteiger partial charge in [-0.25, -0.2) is 8.42 Å². The molecule has 3 aromatic carbocycles. The van der Waals surface area contributed by atoms with E-state index in [1.54, 1.807) is 67.8 Å². The Morgan fingerprint density at radius 1 is 0.944 bits per heavy atom. The van der Waals surface area contributed by atoms with Gasteiger partial charge in [0.25, 0.3) is 5.91 Å². The van der Waals surface area contributed by atoms with Crippen LogP contribution in [0.5, 0.6) is 11.5 Å². The van der Waals surface area contributed by atoms with Crippen molar-refractivity contribution in [2.45, 2.75) is 11.8 Å². The van der Waals surface area contributed by atoms with Crippen LogP contribution in [-0.4, -0.2) is 59.0 Å². The monoisotopic (exact) mass is 529 g/mol. The fourth-order valence-electron chi connectivity index (χ4n) is 4.12. The molecule has 0 spiro atoms. The standard InChI is InChI=1S/C26H28ClN3O5S/c1-18-7-10-20(11-8-18)36(32,33)30-15-13-29(14-16-30)25-22(27)5-4-6-23(25)28-26(31)21-12-9-19(34-2)17-24(21)35-3/h4-12,17H,13-16H2,1-3H3,(H,28,31). The summed E-state index contributed by atoms with van der Waals surface area (Å²) in [7, 11) is -0.567. The van der Waals surface area contributed by atoms with Gasteiger partial charge in [-0.05, 0) is 43.3 Å². The van der Waals surface area contributed by atoms with Gasteiger partial charge in [-0.1, -0.05) is 35.4 Å². The van der Waals surface area contributed by atoms with E-state index in [-0.39, 0.29) is 10.8 Å². The number of nitrogens with zero attached hydrogens (tertiary/aromatic N) is 2.